The van der Waals surface area contributed by atoms with Crippen LogP contribution in [-0.4, -0.2) is 36.1 Å². The number of ether oxygens (including phenoxy) is 1. The number of hydrogen-bond acceptors (Lipinski definition) is 4. The molecule has 1 heterocycles. The van der Waals surface area contributed by atoms with Crippen molar-refractivity contribution >= 4 is 17.8 Å². The molecule has 3 atom stereocenters. The molecule has 84 valence electrons. The summed E-state index contributed by atoms with van der Waals surface area (Å²) in [6, 6.07) is -0.380. The average molecular weight is 215 g/mol. The molecule has 6 nitrogen and oxygen atoms in total. The number of nitrogens with one attached hydrogen (secondary N) is 1. The Morgan fingerprint density at radius 2 is 2.13 bits per heavy atom. The lowest BCUT2D eigenvalue weighted by Gasteiger charge is -2.15. The van der Waals surface area contributed by atoms with Gasteiger partial charge in [-0.3, -0.25) is 14.4 Å². The molecular weight excluding hydrogens is 202 g/mol. The standard InChI is InChI=1S/C9H13NO5/c1-4-7(9(14)15-2)5(3-6(11)12)8(13)10-4/h4-5,7H,3H2,1-2H3,(H,10,13)(H,11,12)/t4-,5+,7-/m1/s1. The van der Waals surface area contributed by atoms with Crippen molar-refractivity contribution in [2.24, 2.45) is 11.8 Å². The maximum absolute atomic E-state index is 11.4. The van der Waals surface area contributed by atoms with Crippen LogP contribution in [0.15, 0.2) is 0 Å². The largest absolute Gasteiger partial charge is 0.481 e. The first kappa shape index (κ1) is 11.5. The number of carbonyl (C=O) groups excluding carboxylic acids is 2. The molecule has 1 saturated heterocycles. The third-order valence-corrected chi connectivity index (χ3v) is 2.55. The van der Waals surface area contributed by atoms with Crippen LogP contribution in [0.5, 0.6) is 0 Å². The zero-order valence-corrected chi connectivity index (χ0v) is 8.52. The number of carboxylic acid groups (broad SMARTS) is 1. The van der Waals surface area contributed by atoms with Crippen molar-refractivity contribution < 1.29 is 24.2 Å². The molecule has 0 aromatic heterocycles. The number of carbonyl (C=O) groups is 3. The molecule has 1 aliphatic heterocycles. The van der Waals surface area contributed by atoms with E-state index in [2.05, 4.69) is 10.1 Å². The SMILES string of the molecule is COC(=O)[C@H]1[C@H](CC(=O)O)C(=O)N[C@@H]1C. The van der Waals surface area contributed by atoms with Crippen LogP contribution in [0.25, 0.3) is 0 Å². The Morgan fingerprint density at radius 1 is 1.53 bits per heavy atom. The lowest BCUT2D eigenvalue weighted by molar-refractivity contribution is -0.149. The van der Waals surface area contributed by atoms with Crippen LogP contribution in [0.3, 0.4) is 0 Å². The first-order chi connectivity index (χ1) is 6.97. The van der Waals surface area contributed by atoms with Crippen molar-refractivity contribution in [2.45, 2.75) is 19.4 Å². The Morgan fingerprint density at radius 3 is 2.60 bits per heavy atom. The second-order valence-electron chi connectivity index (χ2n) is 3.55. The van der Waals surface area contributed by atoms with Gasteiger partial charge in [0.2, 0.25) is 5.91 Å². The Labute approximate surface area is 86.6 Å². The van der Waals surface area contributed by atoms with Gasteiger partial charge < -0.3 is 15.2 Å². The van der Waals surface area contributed by atoms with E-state index in [1.165, 1.54) is 7.11 Å². The number of carboxylic acids is 1. The average Bonchev–Trinajstić information content (AvgIpc) is 2.40. The van der Waals surface area contributed by atoms with Gasteiger partial charge in [-0.25, -0.2) is 0 Å². The Kier molecular flexibility index (Phi) is 3.28. The van der Waals surface area contributed by atoms with E-state index in [1.807, 2.05) is 0 Å². The van der Waals surface area contributed by atoms with Crippen molar-refractivity contribution in [3.05, 3.63) is 0 Å². The molecule has 0 unspecified atom stereocenters. The summed E-state index contributed by atoms with van der Waals surface area (Å²) < 4.78 is 4.54. The smallest absolute Gasteiger partial charge is 0.311 e. The molecule has 0 aliphatic carbocycles. The zero-order chi connectivity index (χ0) is 11.6. The van der Waals surface area contributed by atoms with E-state index in [4.69, 9.17) is 5.11 Å². The predicted octanol–water partition coefficient (Wildman–Crippen LogP) is -0.615. The Bertz CT molecular complexity index is 301. The van der Waals surface area contributed by atoms with Gasteiger partial charge in [-0.2, -0.15) is 0 Å². The molecular formula is C9H13NO5. The summed E-state index contributed by atoms with van der Waals surface area (Å²) in [5.41, 5.74) is 0. The molecule has 1 aliphatic rings. The van der Waals surface area contributed by atoms with Gasteiger partial charge in [0.25, 0.3) is 0 Å². The maximum atomic E-state index is 11.4. The predicted molar refractivity (Wildman–Crippen MR) is 48.9 cm³/mol. The fourth-order valence-electron chi connectivity index (χ4n) is 1.85. The van der Waals surface area contributed by atoms with E-state index in [1.54, 1.807) is 6.92 Å². The van der Waals surface area contributed by atoms with Crippen LogP contribution >= 0.6 is 0 Å². The van der Waals surface area contributed by atoms with Gasteiger partial charge in [0.05, 0.1) is 25.4 Å². The Hall–Kier alpha value is -1.59. The van der Waals surface area contributed by atoms with Gasteiger partial charge >= 0.3 is 11.9 Å². The third kappa shape index (κ3) is 2.26. The van der Waals surface area contributed by atoms with E-state index >= 15 is 0 Å². The van der Waals surface area contributed by atoms with Crippen LogP contribution in [0.1, 0.15) is 13.3 Å². The number of amides is 1. The van der Waals surface area contributed by atoms with Gasteiger partial charge in [0.15, 0.2) is 0 Å². The second kappa shape index (κ2) is 4.29. The van der Waals surface area contributed by atoms with Gasteiger partial charge in [0, 0.05) is 6.04 Å². The molecule has 0 saturated carbocycles. The lowest BCUT2D eigenvalue weighted by atomic mass is 9.88. The first-order valence-electron chi connectivity index (χ1n) is 4.57. The van der Waals surface area contributed by atoms with Gasteiger partial charge in [-0.1, -0.05) is 0 Å². The number of methoxy groups -OCH3 is 1. The van der Waals surface area contributed by atoms with Crippen molar-refractivity contribution in [3.8, 4) is 0 Å². The van der Waals surface area contributed by atoms with Crippen molar-refractivity contribution in [1.29, 1.82) is 0 Å². The minimum absolute atomic E-state index is 0.351. The maximum Gasteiger partial charge on any atom is 0.311 e. The zero-order valence-electron chi connectivity index (χ0n) is 8.52. The quantitative estimate of drug-likeness (QED) is 0.612. The summed E-state index contributed by atoms with van der Waals surface area (Å²) in [6.07, 6.45) is -0.351. The topological polar surface area (TPSA) is 92.7 Å². The normalized spacial score (nSPS) is 29.7. The van der Waals surface area contributed by atoms with Crippen LogP contribution in [0.2, 0.25) is 0 Å². The summed E-state index contributed by atoms with van der Waals surface area (Å²) in [7, 11) is 1.22. The molecule has 6 heteroatoms. The number of aliphatic carboxylic acids is 1. The second-order valence-corrected chi connectivity index (χ2v) is 3.55. The lowest BCUT2D eigenvalue weighted by Crippen LogP contribution is -2.31. The van der Waals surface area contributed by atoms with Crippen LogP contribution in [0, 0.1) is 11.8 Å². The molecule has 0 spiro atoms. The van der Waals surface area contributed by atoms with E-state index in [0.29, 0.717) is 0 Å². The number of rotatable bonds is 3. The van der Waals surface area contributed by atoms with Gasteiger partial charge in [0.1, 0.15) is 0 Å². The van der Waals surface area contributed by atoms with E-state index in [-0.39, 0.29) is 12.5 Å². The highest BCUT2D eigenvalue weighted by Gasteiger charge is 2.45. The summed E-state index contributed by atoms with van der Waals surface area (Å²) in [5.74, 6) is -3.59. The van der Waals surface area contributed by atoms with E-state index in [9.17, 15) is 14.4 Å². The molecule has 1 rings (SSSR count). The molecule has 0 aromatic carbocycles. The van der Waals surface area contributed by atoms with Crippen LogP contribution in [0.4, 0.5) is 0 Å². The van der Waals surface area contributed by atoms with Gasteiger partial charge in [-0.05, 0) is 6.92 Å². The molecule has 2 N–H and O–H groups in total. The highest BCUT2D eigenvalue weighted by atomic mass is 16.5. The minimum Gasteiger partial charge on any atom is -0.481 e. The molecule has 0 radical (unpaired) electrons. The van der Waals surface area contributed by atoms with E-state index in [0.717, 1.165) is 0 Å². The van der Waals surface area contributed by atoms with Crippen molar-refractivity contribution in [2.75, 3.05) is 7.11 Å². The van der Waals surface area contributed by atoms with Crippen LogP contribution < -0.4 is 5.32 Å². The third-order valence-electron chi connectivity index (χ3n) is 2.55. The first-order valence-corrected chi connectivity index (χ1v) is 4.57. The van der Waals surface area contributed by atoms with Crippen molar-refractivity contribution in [1.82, 2.24) is 5.32 Å². The van der Waals surface area contributed by atoms with Crippen LogP contribution in [-0.2, 0) is 19.1 Å². The minimum atomic E-state index is -1.10. The fourth-order valence-corrected chi connectivity index (χ4v) is 1.85. The summed E-state index contributed by atoms with van der Waals surface area (Å²) >= 11 is 0. The van der Waals surface area contributed by atoms with E-state index < -0.39 is 29.7 Å². The fraction of sp³-hybridized carbons (Fsp3) is 0.667. The Balaban J connectivity index is 2.84. The molecule has 1 fully saturated rings. The summed E-state index contributed by atoms with van der Waals surface area (Å²) in [6.45, 7) is 1.65. The summed E-state index contributed by atoms with van der Waals surface area (Å²) in [4.78, 5) is 33.3. The molecule has 1 amide bonds. The van der Waals surface area contributed by atoms with Gasteiger partial charge in [-0.15, -0.1) is 0 Å². The highest BCUT2D eigenvalue weighted by Crippen LogP contribution is 2.27. The number of esters is 1. The summed E-state index contributed by atoms with van der Waals surface area (Å²) in [5, 5.41) is 11.2. The highest BCUT2D eigenvalue weighted by molar-refractivity contribution is 5.92. The van der Waals surface area contributed by atoms with Crippen molar-refractivity contribution in [3.63, 3.8) is 0 Å². The number of hydrogen-bond donors (Lipinski definition) is 2. The molecule has 0 bridgehead atoms. The monoisotopic (exact) mass is 215 g/mol. The molecule has 0 aromatic rings. The molecule has 15 heavy (non-hydrogen) atoms.